The Morgan fingerprint density at radius 1 is 0.941 bits per heavy atom. The van der Waals surface area contributed by atoms with Crippen molar-refractivity contribution in [2.75, 3.05) is 5.32 Å². The second-order valence-corrected chi connectivity index (χ2v) is 9.15. The van der Waals surface area contributed by atoms with Crippen LogP contribution >= 0.6 is 0 Å². The molecule has 1 aromatic heterocycles. The first kappa shape index (κ1) is 22.8. The Hall–Kier alpha value is -4.38. The minimum absolute atomic E-state index is 0.00125. The van der Waals surface area contributed by atoms with Crippen LogP contribution in [0.3, 0.4) is 0 Å². The Balaban J connectivity index is 1.35. The van der Waals surface area contributed by atoms with Crippen LogP contribution in [0.5, 0.6) is 0 Å². The van der Waals surface area contributed by atoms with Crippen molar-refractivity contribution in [3.63, 3.8) is 0 Å². The molecule has 4 rings (SSSR count). The Morgan fingerprint density at radius 3 is 2.18 bits per heavy atom. The molecule has 4 aromatic rings. The van der Waals surface area contributed by atoms with Gasteiger partial charge in [0.15, 0.2) is 0 Å². The number of anilines is 1. The van der Waals surface area contributed by atoms with E-state index in [1.165, 1.54) is 36.4 Å². The predicted molar refractivity (Wildman–Crippen MR) is 122 cm³/mol. The summed E-state index contributed by atoms with van der Waals surface area (Å²) in [6.45, 7) is 0. The number of carbonyl (C=O) groups excluding carboxylic acids is 1. The van der Waals surface area contributed by atoms with E-state index in [0.29, 0.717) is 17.4 Å². The first-order chi connectivity index (χ1) is 16.3. The number of non-ortho nitro benzene ring substituents is 1. The SMILES string of the molecule is O=C(CCc1nc(-c2ccccc2)no1)Nc1ccc(S(=O)(=O)c2ccc([N+](=O)[O-])cc2)cc1. The monoisotopic (exact) mass is 478 g/mol. The van der Waals surface area contributed by atoms with Crippen LogP contribution in [0.25, 0.3) is 11.4 Å². The highest BCUT2D eigenvalue weighted by molar-refractivity contribution is 7.91. The second-order valence-electron chi connectivity index (χ2n) is 7.20. The summed E-state index contributed by atoms with van der Waals surface area (Å²) in [4.78, 5) is 26.6. The van der Waals surface area contributed by atoms with Gasteiger partial charge in [-0.25, -0.2) is 8.42 Å². The van der Waals surface area contributed by atoms with Crippen molar-refractivity contribution in [3.05, 3.63) is 94.9 Å². The number of benzene rings is 3. The number of hydrogen-bond donors (Lipinski definition) is 1. The lowest BCUT2D eigenvalue weighted by molar-refractivity contribution is -0.384. The highest BCUT2D eigenvalue weighted by Crippen LogP contribution is 2.24. The molecule has 1 heterocycles. The molecule has 0 spiro atoms. The molecule has 10 nitrogen and oxygen atoms in total. The third-order valence-electron chi connectivity index (χ3n) is 4.87. The zero-order valence-corrected chi connectivity index (χ0v) is 18.4. The number of rotatable bonds is 8. The highest BCUT2D eigenvalue weighted by Gasteiger charge is 2.19. The summed E-state index contributed by atoms with van der Waals surface area (Å²) in [6, 6.07) is 19.6. The highest BCUT2D eigenvalue weighted by atomic mass is 32.2. The van der Waals surface area contributed by atoms with E-state index in [9.17, 15) is 23.3 Å². The topological polar surface area (TPSA) is 145 Å². The Kier molecular flexibility index (Phi) is 6.46. The number of nitrogens with zero attached hydrogens (tertiary/aromatic N) is 3. The molecule has 0 aliphatic rings. The number of sulfone groups is 1. The molecular formula is C23H18N4O6S. The fourth-order valence-corrected chi connectivity index (χ4v) is 4.37. The van der Waals surface area contributed by atoms with Gasteiger partial charge < -0.3 is 9.84 Å². The van der Waals surface area contributed by atoms with Gasteiger partial charge in [-0.2, -0.15) is 4.98 Å². The molecule has 0 aliphatic carbocycles. The van der Waals surface area contributed by atoms with Crippen molar-refractivity contribution < 1.29 is 22.7 Å². The lowest BCUT2D eigenvalue weighted by atomic mass is 10.2. The normalized spacial score (nSPS) is 11.2. The molecule has 0 saturated carbocycles. The van der Waals surface area contributed by atoms with Crippen molar-refractivity contribution in [3.8, 4) is 11.4 Å². The van der Waals surface area contributed by atoms with Crippen LogP contribution in [0, 0.1) is 10.1 Å². The smallest absolute Gasteiger partial charge is 0.269 e. The average molecular weight is 478 g/mol. The fourth-order valence-electron chi connectivity index (χ4n) is 3.11. The summed E-state index contributed by atoms with van der Waals surface area (Å²) in [6.07, 6.45) is 0.345. The standard InChI is InChI=1S/C23H18N4O6S/c28-21(14-15-22-25-23(26-33-22)16-4-2-1-3-5-16)24-17-6-10-19(11-7-17)34(31,32)20-12-8-18(9-13-20)27(29)30/h1-13H,14-15H2,(H,24,28). The van der Waals surface area contributed by atoms with Gasteiger partial charge in [0.2, 0.25) is 27.5 Å². The summed E-state index contributed by atoms with van der Waals surface area (Å²) in [7, 11) is -3.86. The van der Waals surface area contributed by atoms with E-state index in [0.717, 1.165) is 17.7 Å². The molecule has 0 radical (unpaired) electrons. The number of carbonyl (C=O) groups is 1. The Labute approximate surface area is 194 Å². The molecule has 1 N–H and O–H groups in total. The molecule has 0 atom stereocenters. The predicted octanol–water partition coefficient (Wildman–Crippen LogP) is 4.05. The Morgan fingerprint density at radius 2 is 1.56 bits per heavy atom. The van der Waals surface area contributed by atoms with Crippen LogP contribution in [-0.2, 0) is 21.1 Å². The zero-order chi connectivity index (χ0) is 24.1. The number of amides is 1. The number of aryl methyl sites for hydroxylation is 1. The molecule has 1 amide bonds. The van der Waals surface area contributed by atoms with Crippen LogP contribution in [0.2, 0.25) is 0 Å². The van der Waals surface area contributed by atoms with Gasteiger partial charge in [-0.15, -0.1) is 0 Å². The van der Waals surface area contributed by atoms with E-state index >= 15 is 0 Å². The number of nitro benzene ring substituents is 1. The van der Waals surface area contributed by atoms with Crippen LogP contribution < -0.4 is 5.32 Å². The minimum Gasteiger partial charge on any atom is -0.339 e. The first-order valence-electron chi connectivity index (χ1n) is 10.1. The largest absolute Gasteiger partial charge is 0.339 e. The molecule has 34 heavy (non-hydrogen) atoms. The van der Waals surface area contributed by atoms with Crippen molar-refractivity contribution in [1.29, 1.82) is 0 Å². The third-order valence-corrected chi connectivity index (χ3v) is 6.66. The third kappa shape index (κ3) is 5.15. The molecule has 0 aliphatic heterocycles. The molecule has 0 unspecified atom stereocenters. The van der Waals surface area contributed by atoms with Crippen LogP contribution in [-0.4, -0.2) is 29.4 Å². The fraction of sp³-hybridized carbons (Fsp3) is 0.0870. The number of nitrogens with one attached hydrogen (secondary N) is 1. The van der Waals surface area contributed by atoms with Crippen LogP contribution in [0.4, 0.5) is 11.4 Å². The lowest BCUT2D eigenvalue weighted by Gasteiger charge is -2.07. The van der Waals surface area contributed by atoms with E-state index < -0.39 is 14.8 Å². The maximum Gasteiger partial charge on any atom is 0.269 e. The van der Waals surface area contributed by atoms with Gasteiger partial charge in [-0.05, 0) is 36.4 Å². The zero-order valence-electron chi connectivity index (χ0n) is 17.6. The van der Waals surface area contributed by atoms with Crippen molar-refractivity contribution in [1.82, 2.24) is 10.1 Å². The van der Waals surface area contributed by atoms with Gasteiger partial charge in [-0.1, -0.05) is 35.5 Å². The molecular weight excluding hydrogens is 460 g/mol. The van der Waals surface area contributed by atoms with E-state index in [1.807, 2.05) is 30.3 Å². The molecule has 3 aromatic carbocycles. The second kappa shape index (κ2) is 9.63. The van der Waals surface area contributed by atoms with Crippen LogP contribution in [0.15, 0.2) is 93.2 Å². The number of nitro groups is 1. The Bertz CT molecular complexity index is 1420. The van der Waals surface area contributed by atoms with Crippen LogP contribution in [0.1, 0.15) is 12.3 Å². The molecule has 172 valence electrons. The minimum atomic E-state index is -3.86. The summed E-state index contributed by atoms with van der Waals surface area (Å²) < 4.78 is 30.7. The van der Waals surface area contributed by atoms with Gasteiger partial charge in [0.25, 0.3) is 5.69 Å². The average Bonchev–Trinajstić information content (AvgIpc) is 3.33. The van der Waals surface area contributed by atoms with E-state index in [-0.39, 0.29) is 34.2 Å². The van der Waals surface area contributed by atoms with Gasteiger partial charge in [0.05, 0.1) is 14.7 Å². The van der Waals surface area contributed by atoms with Crippen molar-refractivity contribution in [2.45, 2.75) is 22.6 Å². The number of aromatic nitrogens is 2. The summed E-state index contributed by atoms with van der Waals surface area (Å²) in [5.41, 5.74) is 1.03. The van der Waals surface area contributed by atoms with Gasteiger partial charge in [0.1, 0.15) is 0 Å². The maximum absolute atomic E-state index is 12.7. The van der Waals surface area contributed by atoms with E-state index in [4.69, 9.17) is 4.52 Å². The van der Waals surface area contributed by atoms with Gasteiger partial charge >= 0.3 is 0 Å². The number of hydrogen-bond acceptors (Lipinski definition) is 8. The first-order valence-corrected chi connectivity index (χ1v) is 11.6. The van der Waals surface area contributed by atoms with E-state index in [1.54, 1.807) is 0 Å². The van der Waals surface area contributed by atoms with Gasteiger partial charge in [0, 0.05) is 36.2 Å². The van der Waals surface area contributed by atoms with Crippen molar-refractivity contribution in [2.24, 2.45) is 0 Å². The molecule has 0 saturated heterocycles. The molecule has 11 heteroatoms. The summed E-state index contributed by atoms with van der Waals surface area (Å²) in [5, 5.41) is 17.4. The quantitative estimate of drug-likeness (QED) is 0.295. The van der Waals surface area contributed by atoms with Crippen molar-refractivity contribution >= 4 is 27.1 Å². The lowest BCUT2D eigenvalue weighted by Crippen LogP contribution is -2.12. The van der Waals surface area contributed by atoms with E-state index in [2.05, 4.69) is 15.5 Å². The summed E-state index contributed by atoms with van der Waals surface area (Å²) >= 11 is 0. The van der Waals surface area contributed by atoms with Gasteiger partial charge in [-0.3, -0.25) is 14.9 Å². The molecule has 0 bridgehead atoms. The molecule has 0 fully saturated rings. The summed E-state index contributed by atoms with van der Waals surface area (Å²) in [5.74, 6) is 0.477. The maximum atomic E-state index is 12.7.